The fourth-order valence-corrected chi connectivity index (χ4v) is 2.88. The van der Waals surface area contributed by atoms with Gasteiger partial charge < -0.3 is 9.64 Å². The Balaban J connectivity index is 1.82. The van der Waals surface area contributed by atoms with E-state index in [9.17, 15) is 22.8 Å². The van der Waals surface area contributed by atoms with Gasteiger partial charge >= 0.3 is 12.2 Å². The molecule has 0 N–H and O–H groups in total. The second kappa shape index (κ2) is 6.94. The molecule has 142 valence electrons. The summed E-state index contributed by atoms with van der Waals surface area (Å²) in [5.41, 5.74) is 0.0774. The number of methoxy groups -OCH3 is 1. The molecule has 8 heteroatoms. The number of hydrogen-bond acceptors (Lipinski definition) is 3. The lowest BCUT2D eigenvalue weighted by Gasteiger charge is -2.19. The molecule has 0 radical (unpaired) electrons. The van der Waals surface area contributed by atoms with E-state index in [1.165, 1.54) is 4.90 Å². The third-order valence-corrected chi connectivity index (χ3v) is 4.45. The maximum Gasteiger partial charge on any atom is 0.416 e. The van der Waals surface area contributed by atoms with Crippen molar-refractivity contribution in [3.63, 3.8) is 0 Å². The number of benzene rings is 2. The van der Waals surface area contributed by atoms with Crippen LogP contribution in [0, 0.1) is 0 Å². The number of ether oxygens (including phenoxy) is 1. The van der Waals surface area contributed by atoms with E-state index < -0.39 is 29.7 Å². The number of nitrogens with zero attached hydrogens (tertiary/aromatic N) is 2. The summed E-state index contributed by atoms with van der Waals surface area (Å²) in [7, 11) is 1.54. The first-order chi connectivity index (χ1) is 12.7. The van der Waals surface area contributed by atoms with E-state index in [-0.39, 0.29) is 12.2 Å². The van der Waals surface area contributed by atoms with E-state index in [1.54, 1.807) is 38.3 Å². The largest absolute Gasteiger partial charge is 0.497 e. The summed E-state index contributed by atoms with van der Waals surface area (Å²) in [6, 6.07) is 9.73. The zero-order chi connectivity index (χ0) is 19.8. The molecule has 1 heterocycles. The Kier molecular flexibility index (Phi) is 4.82. The number of carbonyl (C=O) groups is 2. The van der Waals surface area contributed by atoms with Crippen LogP contribution in [0.15, 0.2) is 48.5 Å². The molecular weight excluding hydrogens is 361 g/mol. The van der Waals surface area contributed by atoms with Crippen LogP contribution in [0.1, 0.15) is 18.1 Å². The number of urea groups is 1. The van der Waals surface area contributed by atoms with Crippen molar-refractivity contribution in [2.75, 3.05) is 12.0 Å². The van der Waals surface area contributed by atoms with E-state index in [2.05, 4.69) is 0 Å². The molecule has 0 spiro atoms. The summed E-state index contributed by atoms with van der Waals surface area (Å²) >= 11 is 0. The Hall–Kier alpha value is -3.03. The van der Waals surface area contributed by atoms with Crippen LogP contribution in [0.4, 0.5) is 23.7 Å². The fraction of sp³-hybridized carbons (Fsp3) is 0.263. The average Bonchev–Trinajstić information content (AvgIpc) is 2.85. The van der Waals surface area contributed by atoms with Gasteiger partial charge in [-0.2, -0.15) is 13.2 Å². The average molecular weight is 378 g/mol. The molecule has 1 aliphatic rings. The monoisotopic (exact) mass is 378 g/mol. The maximum absolute atomic E-state index is 12.7. The van der Waals surface area contributed by atoms with Crippen LogP contribution in [0.5, 0.6) is 5.75 Å². The summed E-state index contributed by atoms with van der Waals surface area (Å²) < 4.78 is 43.2. The lowest BCUT2D eigenvalue weighted by molar-refractivity contribution is -0.137. The van der Waals surface area contributed by atoms with E-state index in [1.807, 2.05) is 0 Å². The van der Waals surface area contributed by atoms with E-state index >= 15 is 0 Å². The quantitative estimate of drug-likeness (QED) is 0.754. The standard InChI is InChI=1S/C19H17F3N2O3/c1-12-17(25)24(15-7-5-14(6-8-15)19(20,21)22)18(26)23(12)11-13-3-9-16(27-2)10-4-13/h3-10,12H,11H2,1-2H3/t12-/m1/s1. The van der Waals surface area contributed by atoms with Gasteiger partial charge in [-0.15, -0.1) is 0 Å². The van der Waals surface area contributed by atoms with Crippen molar-refractivity contribution in [1.82, 2.24) is 4.90 Å². The van der Waals surface area contributed by atoms with Gasteiger partial charge in [-0.1, -0.05) is 12.1 Å². The summed E-state index contributed by atoms with van der Waals surface area (Å²) in [5.74, 6) is 0.190. The fourth-order valence-electron chi connectivity index (χ4n) is 2.88. The Morgan fingerprint density at radius 3 is 2.11 bits per heavy atom. The van der Waals surface area contributed by atoms with Crippen LogP contribution < -0.4 is 9.64 Å². The topological polar surface area (TPSA) is 49.9 Å². The molecule has 1 aliphatic heterocycles. The smallest absolute Gasteiger partial charge is 0.416 e. The van der Waals surface area contributed by atoms with Gasteiger partial charge in [-0.3, -0.25) is 4.79 Å². The van der Waals surface area contributed by atoms with Crippen LogP contribution in [-0.2, 0) is 17.5 Å². The zero-order valence-corrected chi connectivity index (χ0v) is 14.7. The lowest BCUT2D eigenvalue weighted by atomic mass is 10.2. The van der Waals surface area contributed by atoms with Crippen molar-refractivity contribution in [2.24, 2.45) is 0 Å². The van der Waals surface area contributed by atoms with Gasteiger partial charge in [-0.25, -0.2) is 9.69 Å². The molecule has 0 bridgehead atoms. The highest BCUT2D eigenvalue weighted by atomic mass is 19.4. The number of hydrogen-bond donors (Lipinski definition) is 0. The Labute approximate surface area is 153 Å². The molecule has 1 atom stereocenters. The van der Waals surface area contributed by atoms with Gasteiger partial charge in [0.2, 0.25) is 0 Å². The van der Waals surface area contributed by atoms with Crippen molar-refractivity contribution >= 4 is 17.6 Å². The minimum Gasteiger partial charge on any atom is -0.497 e. The van der Waals surface area contributed by atoms with Crippen molar-refractivity contribution in [2.45, 2.75) is 25.7 Å². The first-order valence-electron chi connectivity index (χ1n) is 8.17. The van der Waals surface area contributed by atoms with Crippen LogP contribution in [0.3, 0.4) is 0 Å². The summed E-state index contributed by atoms with van der Waals surface area (Å²) in [5, 5.41) is 0. The van der Waals surface area contributed by atoms with Gasteiger partial charge in [0.15, 0.2) is 0 Å². The number of amides is 3. The van der Waals surface area contributed by atoms with Crippen molar-refractivity contribution < 1.29 is 27.5 Å². The third-order valence-electron chi connectivity index (χ3n) is 4.45. The molecule has 1 fully saturated rings. The molecule has 27 heavy (non-hydrogen) atoms. The Bertz CT molecular complexity index is 848. The third kappa shape index (κ3) is 3.60. The van der Waals surface area contributed by atoms with Crippen LogP contribution in [0.25, 0.3) is 0 Å². The highest BCUT2D eigenvalue weighted by molar-refractivity contribution is 6.21. The van der Waals surface area contributed by atoms with Crippen LogP contribution in [0.2, 0.25) is 0 Å². The van der Waals surface area contributed by atoms with E-state index in [0.717, 1.165) is 34.7 Å². The predicted molar refractivity (Wildman–Crippen MR) is 92.3 cm³/mol. The number of alkyl halides is 3. The highest BCUT2D eigenvalue weighted by Gasteiger charge is 2.43. The van der Waals surface area contributed by atoms with Crippen molar-refractivity contribution in [3.05, 3.63) is 59.7 Å². The number of imide groups is 1. The zero-order valence-electron chi connectivity index (χ0n) is 14.7. The molecular formula is C19H17F3N2O3. The second-order valence-corrected chi connectivity index (χ2v) is 6.15. The minimum absolute atomic E-state index is 0.113. The Morgan fingerprint density at radius 1 is 1.00 bits per heavy atom. The summed E-state index contributed by atoms with van der Waals surface area (Å²) in [6.45, 7) is 1.79. The second-order valence-electron chi connectivity index (χ2n) is 6.15. The maximum atomic E-state index is 12.7. The molecule has 0 aromatic heterocycles. The number of rotatable bonds is 4. The van der Waals surface area contributed by atoms with Gasteiger partial charge in [0.1, 0.15) is 11.8 Å². The molecule has 0 aliphatic carbocycles. The van der Waals surface area contributed by atoms with Crippen LogP contribution >= 0.6 is 0 Å². The molecule has 1 saturated heterocycles. The van der Waals surface area contributed by atoms with Crippen LogP contribution in [-0.4, -0.2) is 30.0 Å². The number of anilines is 1. The van der Waals surface area contributed by atoms with Gasteiger partial charge in [0.05, 0.1) is 18.4 Å². The number of halogens is 3. The molecule has 0 unspecified atom stereocenters. The predicted octanol–water partition coefficient (Wildman–Crippen LogP) is 4.07. The molecule has 2 aromatic carbocycles. The van der Waals surface area contributed by atoms with E-state index in [0.29, 0.717) is 5.75 Å². The number of carbonyl (C=O) groups excluding carboxylic acids is 2. The first-order valence-corrected chi connectivity index (χ1v) is 8.17. The molecule has 0 saturated carbocycles. The van der Waals surface area contributed by atoms with Crippen molar-refractivity contribution in [3.8, 4) is 5.75 Å². The molecule has 3 amide bonds. The minimum atomic E-state index is -4.48. The van der Waals surface area contributed by atoms with E-state index in [4.69, 9.17) is 4.74 Å². The SMILES string of the molecule is COc1ccc(CN2C(=O)N(c3ccc(C(F)(F)F)cc3)C(=O)[C@H]2C)cc1. The normalized spacial score (nSPS) is 17.6. The Morgan fingerprint density at radius 2 is 1.59 bits per heavy atom. The van der Waals surface area contributed by atoms with Crippen molar-refractivity contribution in [1.29, 1.82) is 0 Å². The molecule has 3 rings (SSSR count). The molecule has 5 nitrogen and oxygen atoms in total. The highest BCUT2D eigenvalue weighted by Crippen LogP contribution is 2.32. The van der Waals surface area contributed by atoms with Gasteiger partial charge in [0.25, 0.3) is 5.91 Å². The summed E-state index contributed by atoms with van der Waals surface area (Å²) in [4.78, 5) is 27.5. The first kappa shape index (κ1) is 18.8. The summed E-state index contributed by atoms with van der Waals surface area (Å²) in [6.07, 6.45) is -4.48. The van der Waals surface area contributed by atoms with Gasteiger partial charge in [0, 0.05) is 6.54 Å². The lowest BCUT2D eigenvalue weighted by Crippen LogP contribution is -2.33. The van der Waals surface area contributed by atoms with Gasteiger partial charge in [-0.05, 0) is 48.9 Å². The molecule has 2 aromatic rings.